The molecule has 29 heavy (non-hydrogen) atoms. The van der Waals surface area contributed by atoms with Crippen LogP contribution in [0.5, 0.6) is 0 Å². The van der Waals surface area contributed by atoms with Gasteiger partial charge < -0.3 is 10.3 Å². The van der Waals surface area contributed by atoms with E-state index in [9.17, 15) is 9.65 Å². The Morgan fingerprint density at radius 3 is 2.38 bits per heavy atom. The number of halogens is 1. The van der Waals surface area contributed by atoms with Gasteiger partial charge in [0.2, 0.25) is 0 Å². The first kappa shape index (κ1) is 17.1. The summed E-state index contributed by atoms with van der Waals surface area (Å²) < 4.78 is 15.3. The highest BCUT2D eigenvalue weighted by molar-refractivity contribution is 5.99. The van der Waals surface area contributed by atoms with Gasteiger partial charge in [0.25, 0.3) is 0 Å². The topological polar surface area (TPSA) is 80.5 Å². The van der Waals surface area contributed by atoms with Crippen LogP contribution >= 0.6 is 0 Å². The maximum atomic E-state index is 13.5. The molecule has 0 bridgehead atoms. The number of fused-ring (bicyclic) bond motifs is 3. The molecule has 0 fully saturated rings. The Balaban J connectivity index is 1.68. The highest BCUT2D eigenvalue weighted by Crippen LogP contribution is 2.29. The Hall–Kier alpha value is -3.98. The zero-order chi connectivity index (χ0) is 20.0. The maximum Gasteiger partial charge on any atom is 0.162 e. The first-order valence-corrected chi connectivity index (χ1v) is 9.27. The molecule has 0 saturated carbocycles. The number of aromatic nitrogens is 3. The molecule has 5 aromatic rings. The SMILES string of the molecule is N#Cc1c(N)n(CCc2cccc(F)c2)c2nc3cc4ccccc4cc3nc12. The van der Waals surface area contributed by atoms with Crippen molar-refractivity contribution in [1.29, 1.82) is 5.26 Å². The monoisotopic (exact) mass is 381 g/mol. The Morgan fingerprint density at radius 2 is 1.69 bits per heavy atom. The molecular formula is C23H16FN5. The molecular weight excluding hydrogens is 365 g/mol. The first-order chi connectivity index (χ1) is 14.1. The van der Waals surface area contributed by atoms with E-state index >= 15 is 0 Å². The van der Waals surface area contributed by atoms with E-state index in [2.05, 4.69) is 6.07 Å². The third kappa shape index (κ3) is 2.84. The van der Waals surface area contributed by atoms with Gasteiger partial charge in [0, 0.05) is 6.54 Å². The molecule has 3 aromatic carbocycles. The van der Waals surface area contributed by atoms with Crippen molar-refractivity contribution in [3.05, 3.63) is 77.6 Å². The molecule has 2 N–H and O–H groups in total. The number of nitrogens with two attached hydrogens (primary N) is 1. The third-order valence-electron chi connectivity index (χ3n) is 5.18. The van der Waals surface area contributed by atoms with Crippen molar-refractivity contribution in [3.8, 4) is 6.07 Å². The van der Waals surface area contributed by atoms with Crippen LogP contribution in [0.2, 0.25) is 0 Å². The van der Waals surface area contributed by atoms with E-state index in [4.69, 9.17) is 15.7 Å². The molecule has 6 heteroatoms. The summed E-state index contributed by atoms with van der Waals surface area (Å²) >= 11 is 0. The normalized spacial score (nSPS) is 11.3. The van der Waals surface area contributed by atoms with Crippen LogP contribution in [0.1, 0.15) is 11.1 Å². The molecule has 0 aliphatic carbocycles. The van der Waals surface area contributed by atoms with Crippen LogP contribution in [-0.2, 0) is 13.0 Å². The van der Waals surface area contributed by atoms with Gasteiger partial charge in [0.05, 0.1) is 11.0 Å². The molecule has 0 atom stereocenters. The smallest absolute Gasteiger partial charge is 0.162 e. The van der Waals surface area contributed by atoms with Crippen LogP contribution in [0.15, 0.2) is 60.7 Å². The Kier molecular flexibility index (Phi) is 3.88. The van der Waals surface area contributed by atoms with Crippen molar-refractivity contribution >= 4 is 38.8 Å². The van der Waals surface area contributed by atoms with Crippen LogP contribution in [0.4, 0.5) is 10.2 Å². The predicted octanol–water partition coefficient (Wildman–Crippen LogP) is 4.57. The predicted molar refractivity (Wildman–Crippen MR) is 112 cm³/mol. The molecule has 0 radical (unpaired) electrons. The highest BCUT2D eigenvalue weighted by atomic mass is 19.1. The lowest BCUT2D eigenvalue weighted by Crippen LogP contribution is -2.07. The maximum absolute atomic E-state index is 13.5. The largest absolute Gasteiger partial charge is 0.384 e. The quantitative estimate of drug-likeness (QED) is 0.464. The minimum Gasteiger partial charge on any atom is -0.384 e. The van der Waals surface area contributed by atoms with E-state index in [0.717, 1.165) is 27.4 Å². The van der Waals surface area contributed by atoms with Crippen molar-refractivity contribution in [3.63, 3.8) is 0 Å². The average Bonchev–Trinajstić information content (AvgIpc) is 2.98. The second kappa shape index (κ2) is 6.57. The minimum atomic E-state index is -0.275. The Labute approximate surface area is 165 Å². The highest BCUT2D eigenvalue weighted by Gasteiger charge is 2.18. The van der Waals surface area contributed by atoms with E-state index in [0.29, 0.717) is 35.5 Å². The van der Waals surface area contributed by atoms with Gasteiger partial charge in [0.15, 0.2) is 5.65 Å². The number of nitriles is 1. The van der Waals surface area contributed by atoms with Crippen LogP contribution in [0, 0.1) is 17.1 Å². The van der Waals surface area contributed by atoms with Gasteiger partial charge in [0.1, 0.15) is 28.8 Å². The number of hydrogen-bond acceptors (Lipinski definition) is 4. The van der Waals surface area contributed by atoms with E-state index in [1.54, 1.807) is 10.6 Å². The van der Waals surface area contributed by atoms with Crippen molar-refractivity contribution in [1.82, 2.24) is 14.5 Å². The van der Waals surface area contributed by atoms with E-state index in [-0.39, 0.29) is 5.82 Å². The van der Waals surface area contributed by atoms with Gasteiger partial charge in [-0.2, -0.15) is 5.26 Å². The number of hydrogen-bond donors (Lipinski definition) is 1. The number of anilines is 1. The van der Waals surface area contributed by atoms with Gasteiger partial charge in [-0.15, -0.1) is 0 Å². The fraction of sp³-hybridized carbons (Fsp3) is 0.0870. The number of rotatable bonds is 3. The average molecular weight is 381 g/mol. The summed E-state index contributed by atoms with van der Waals surface area (Å²) in [7, 11) is 0. The van der Waals surface area contributed by atoms with Crippen molar-refractivity contribution < 1.29 is 4.39 Å². The minimum absolute atomic E-state index is 0.275. The van der Waals surface area contributed by atoms with E-state index in [1.165, 1.54) is 12.1 Å². The molecule has 0 saturated heterocycles. The van der Waals surface area contributed by atoms with Gasteiger partial charge >= 0.3 is 0 Å². The second-order valence-electron chi connectivity index (χ2n) is 6.99. The summed E-state index contributed by atoms with van der Waals surface area (Å²) in [5, 5.41) is 11.8. The van der Waals surface area contributed by atoms with Gasteiger partial charge in [-0.25, -0.2) is 14.4 Å². The molecule has 140 valence electrons. The van der Waals surface area contributed by atoms with Crippen LogP contribution in [0.3, 0.4) is 0 Å². The lowest BCUT2D eigenvalue weighted by atomic mass is 10.1. The fourth-order valence-corrected chi connectivity index (χ4v) is 3.73. The molecule has 0 amide bonds. The van der Waals surface area contributed by atoms with Crippen LogP contribution in [-0.4, -0.2) is 14.5 Å². The van der Waals surface area contributed by atoms with Crippen LogP contribution < -0.4 is 5.73 Å². The molecule has 0 aliphatic heterocycles. The van der Waals surface area contributed by atoms with Crippen molar-refractivity contribution in [2.45, 2.75) is 13.0 Å². The van der Waals surface area contributed by atoms with Crippen molar-refractivity contribution in [2.75, 3.05) is 5.73 Å². The molecule has 0 aliphatic rings. The zero-order valence-electron chi connectivity index (χ0n) is 15.4. The summed E-state index contributed by atoms with van der Waals surface area (Å²) in [6.07, 6.45) is 0.564. The molecule has 5 rings (SSSR count). The first-order valence-electron chi connectivity index (χ1n) is 9.27. The summed E-state index contributed by atoms with van der Waals surface area (Å²) in [6, 6.07) is 20.6. The number of nitrogens with zero attached hydrogens (tertiary/aromatic N) is 4. The van der Waals surface area contributed by atoms with Crippen LogP contribution in [0.25, 0.3) is 33.0 Å². The molecule has 2 heterocycles. The molecule has 0 spiro atoms. The fourth-order valence-electron chi connectivity index (χ4n) is 3.73. The summed E-state index contributed by atoms with van der Waals surface area (Å²) in [5.74, 6) is 0.0574. The van der Waals surface area contributed by atoms with Gasteiger partial charge in [-0.3, -0.25) is 0 Å². The lowest BCUT2D eigenvalue weighted by molar-refractivity contribution is 0.623. The number of nitrogen functional groups attached to an aromatic ring is 1. The van der Waals surface area contributed by atoms with Crippen molar-refractivity contribution in [2.24, 2.45) is 0 Å². The summed E-state index contributed by atoms with van der Waals surface area (Å²) in [6.45, 7) is 0.473. The van der Waals surface area contributed by atoms with E-state index in [1.807, 2.05) is 42.5 Å². The standard InChI is InChI=1S/C23H16FN5/c24-17-7-3-4-14(10-17)8-9-29-22(26)18(13-25)21-23(29)28-20-12-16-6-2-1-5-15(16)11-19(20)27-21/h1-7,10-12H,8-9,26H2. The van der Waals surface area contributed by atoms with E-state index < -0.39 is 0 Å². The molecule has 2 aromatic heterocycles. The number of aryl methyl sites for hydroxylation is 2. The zero-order valence-corrected chi connectivity index (χ0v) is 15.4. The lowest BCUT2D eigenvalue weighted by Gasteiger charge is -2.08. The second-order valence-corrected chi connectivity index (χ2v) is 6.99. The number of benzene rings is 3. The Bertz CT molecular complexity index is 1450. The van der Waals surface area contributed by atoms with Gasteiger partial charge in [-0.05, 0) is 47.0 Å². The van der Waals surface area contributed by atoms with Gasteiger partial charge in [-0.1, -0.05) is 36.4 Å². The molecule has 0 unspecified atom stereocenters. The summed E-state index contributed by atoms with van der Waals surface area (Å²) in [4.78, 5) is 9.49. The Morgan fingerprint density at radius 1 is 0.966 bits per heavy atom. The molecule has 5 nitrogen and oxygen atoms in total. The third-order valence-corrected chi connectivity index (χ3v) is 5.18. The summed E-state index contributed by atoms with van der Waals surface area (Å²) in [5.41, 5.74) is 9.96.